The summed E-state index contributed by atoms with van der Waals surface area (Å²) >= 11 is 0. The van der Waals surface area contributed by atoms with Crippen molar-refractivity contribution in [1.82, 2.24) is 9.97 Å². The number of ether oxygens (including phenoxy) is 1. The van der Waals surface area contributed by atoms with Crippen molar-refractivity contribution in [2.24, 2.45) is 0 Å². The first-order chi connectivity index (χ1) is 5.86. The van der Waals surface area contributed by atoms with Crippen LogP contribution in [0.4, 0.5) is 0 Å². The van der Waals surface area contributed by atoms with Gasteiger partial charge in [0.15, 0.2) is 6.29 Å². The van der Waals surface area contributed by atoms with Crippen LogP contribution in [0.5, 0.6) is 0 Å². The highest BCUT2D eigenvalue weighted by Gasteiger charge is 1.96. The highest BCUT2D eigenvalue weighted by atomic mass is 16.5. The van der Waals surface area contributed by atoms with Gasteiger partial charge in [0, 0.05) is 19.7 Å². The van der Waals surface area contributed by atoms with E-state index in [2.05, 4.69) is 9.97 Å². The monoisotopic (exact) mass is 166 g/mol. The van der Waals surface area contributed by atoms with E-state index in [1.165, 1.54) is 0 Å². The largest absolute Gasteiger partial charge is 0.384 e. The van der Waals surface area contributed by atoms with Crippen LogP contribution in [0.3, 0.4) is 0 Å². The van der Waals surface area contributed by atoms with Crippen molar-refractivity contribution >= 4 is 6.29 Å². The third-order valence-electron chi connectivity index (χ3n) is 1.38. The lowest BCUT2D eigenvalue weighted by Gasteiger charge is -1.97. The first kappa shape index (κ1) is 8.80. The predicted molar refractivity (Wildman–Crippen MR) is 43.0 cm³/mol. The molecule has 0 N–H and O–H groups in total. The molecule has 0 aliphatic rings. The number of nitrogens with zero attached hydrogens (tertiary/aromatic N) is 2. The molecule has 64 valence electrons. The lowest BCUT2D eigenvalue weighted by atomic mass is 10.4. The lowest BCUT2D eigenvalue weighted by Crippen LogP contribution is -2.02. The van der Waals surface area contributed by atoms with Crippen LogP contribution in [0.15, 0.2) is 12.3 Å². The third-order valence-corrected chi connectivity index (χ3v) is 1.38. The Balaban J connectivity index is 2.66. The predicted octanol–water partition coefficient (Wildman–Crippen LogP) is 0.478. The normalized spacial score (nSPS) is 9.75. The van der Waals surface area contributed by atoms with Crippen molar-refractivity contribution in [1.29, 1.82) is 0 Å². The maximum Gasteiger partial charge on any atom is 0.168 e. The van der Waals surface area contributed by atoms with Gasteiger partial charge in [-0.3, -0.25) is 4.79 Å². The topological polar surface area (TPSA) is 52.1 Å². The summed E-state index contributed by atoms with van der Waals surface area (Å²) in [5, 5.41) is 0. The molecule has 0 saturated carbocycles. The molecule has 1 heterocycles. The van der Waals surface area contributed by atoms with Gasteiger partial charge < -0.3 is 4.74 Å². The van der Waals surface area contributed by atoms with Crippen LogP contribution in [0.25, 0.3) is 0 Å². The SMILES string of the molecule is COCCc1nccc(C=O)n1. The number of rotatable bonds is 4. The van der Waals surface area contributed by atoms with Crippen molar-refractivity contribution < 1.29 is 9.53 Å². The second-order valence-corrected chi connectivity index (χ2v) is 2.26. The van der Waals surface area contributed by atoms with Gasteiger partial charge in [-0.15, -0.1) is 0 Å². The van der Waals surface area contributed by atoms with Crippen molar-refractivity contribution in [2.45, 2.75) is 6.42 Å². The first-order valence-electron chi connectivity index (χ1n) is 3.63. The number of carbonyl (C=O) groups is 1. The highest BCUT2D eigenvalue weighted by Crippen LogP contribution is 1.93. The fourth-order valence-electron chi connectivity index (χ4n) is 0.794. The average Bonchev–Trinajstić information content (AvgIpc) is 2.15. The second-order valence-electron chi connectivity index (χ2n) is 2.26. The minimum Gasteiger partial charge on any atom is -0.384 e. The zero-order valence-electron chi connectivity index (χ0n) is 6.86. The first-order valence-corrected chi connectivity index (χ1v) is 3.63. The molecule has 1 aromatic heterocycles. The van der Waals surface area contributed by atoms with Gasteiger partial charge in [0.25, 0.3) is 0 Å². The second kappa shape index (κ2) is 4.56. The van der Waals surface area contributed by atoms with Crippen LogP contribution in [0.2, 0.25) is 0 Å². The Morgan fingerprint density at radius 3 is 3.17 bits per heavy atom. The molecular formula is C8H10N2O2. The number of hydrogen-bond acceptors (Lipinski definition) is 4. The van der Waals surface area contributed by atoms with E-state index in [9.17, 15) is 4.79 Å². The minimum absolute atomic E-state index is 0.413. The summed E-state index contributed by atoms with van der Waals surface area (Å²) < 4.78 is 4.85. The maximum atomic E-state index is 10.3. The van der Waals surface area contributed by atoms with E-state index in [4.69, 9.17) is 4.74 Å². The third kappa shape index (κ3) is 2.39. The molecule has 0 unspecified atom stereocenters. The standard InChI is InChI=1S/C8H10N2O2/c1-12-5-3-8-9-4-2-7(6-11)10-8/h2,4,6H,3,5H2,1H3. The summed E-state index contributed by atoms with van der Waals surface area (Å²) in [5.74, 6) is 0.640. The fraction of sp³-hybridized carbons (Fsp3) is 0.375. The molecule has 0 atom stereocenters. The van der Waals surface area contributed by atoms with Crippen molar-refractivity contribution in [3.8, 4) is 0 Å². The van der Waals surface area contributed by atoms with Crippen LogP contribution in [-0.2, 0) is 11.2 Å². The van der Waals surface area contributed by atoms with E-state index >= 15 is 0 Å². The van der Waals surface area contributed by atoms with Crippen molar-refractivity contribution in [3.63, 3.8) is 0 Å². The van der Waals surface area contributed by atoms with Gasteiger partial charge in [-0.25, -0.2) is 9.97 Å². The molecule has 0 aliphatic carbocycles. The summed E-state index contributed by atoms with van der Waals surface area (Å²) in [6, 6.07) is 1.57. The van der Waals surface area contributed by atoms with Gasteiger partial charge in [-0.05, 0) is 6.07 Å². The van der Waals surface area contributed by atoms with E-state index in [1.54, 1.807) is 19.4 Å². The molecule has 0 spiro atoms. The number of methoxy groups -OCH3 is 1. The highest BCUT2D eigenvalue weighted by molar-refractivity contribution is 5.71. The van der Waals surface area contributed by atoms with Gasteiger partial charge in [0.05, 0.1) is 6.61 Å². The minimum atomic E-state index is 0.413. The Kier molecular flexibility index (Phi) is 3.35. The van der Waals surface area contributed by atoms with Crippen LogP contribution >= 0.6 is 0 Å². The Morgan fingerprint density at radius 1 is 1.67 bits per heavy atom. The van der Waals surface area contributed by atoms with Gasteiger partial charge in [0.1, 0.15) is 11.5 Å². The molecule has 0 bridgehead atoms. The van der Waals surface area contributed by atoms with Crippen LogP contribution in [0, 0.1) is 0 Å². The molecule has 0 aliphatic heterocycles. The number of hydrogen-bond donors (Lipinski definition) is 0. The molecule has 1 aromatic rings. The molecule has 12 heavy (non-hydrogen) atoms. The Labute approximate surface area is 70.6 Å². The average molecular weight is 166 g/mol. The molecule has 0 saturated heterocycles. The summed E-state index contributed by atoms with van der Waals surface area (Å²) in [6.45, 7) is 0.572. The van der Waals surface area contributed by atoms with E-state index < -0.39 is 0 Å². The molecule has 0 amide bonds. The Hall–Kier alpha value is -1.29. The number of aldehydes is 1. The van der Waals surface area contributed by atoms with Crippen LogP contribution in [-0.4, -0.2) is 30.0 Å². The zero-order valence-corrected chi connectivity index (χ0v) is 6.86. The maximum absolute atomic E-state index is 10.3. The van der Waals surface area contributed by atoms with E-state index in [0.29, 0.717) is 30.8 Å². The summed E-state index contributed by atoms with van der Waals surface area (Å²) in [5.41, 5.74) is 0.413. The van der Waals surface area contributed by atoms with Gasteiger partial charge in [-0.1, -0.05) is 0 Å². The molecule has 0 radical (unpaired) electrons. The number of carbonyl (C=O) groups excluding carboxylic acids is 1. The molecule has 0 fully saturated rings. The van der Waals surface area contributed by atoms with E-state index in [1.807, 2.05) is 0 Å². The summed E-state index contributed by atoms with van der Waals surface area (Å²) in [6.07, 6.45) is 2.91. The van der Waals surface area contributed by atoms with E-state index in [-0.39, 0.29) is 0 Å². The molecule has 4 nitrogen and oxygen atoms in total. The zero-order chi connectivity index (χ0) is 8.81. The number of aromatic nitrogens is 2. The summed E-state index contributed by atoms with van der Waals surface area (Å²) in [7, 11) is 1.61. The van der Waals surface area contributed by atoms with Crippen molar-refractivity contribution in [3.05, 3.63) is 23.8 Å². The quantitative estimate of drug-likeness (QED) is 0.610. The molecule has 4 heteroatoms. The fourth-order valence-corrected chi connectivity index (χ4v) is 0.794. The smallest absolute Gasteiger partial charge is 0.168 e. The van der Waals surface area contributed by atoms with Crippen LogP contribution < -0.4 is 0 Å². The molecule has 1 rings (SSSR count). The molecular weight excluding hydrogens is 156 g/mol. The van der Waals surface area contributed by atoms with Crippen LogP contribution in [0.1, 0.15) is 16.3 Å². The van der Waals surface area contributed by atoms with Gasteiger partial charge in [-0.2, -0.15) is 0 Å². The molecule has 0 aromatic carbocycles. The van der Waals surface area contributed by atoms with E-state index in [0.717, 1.165) is 0 Å². The Morgan fingerprint density at radius 2 is 2.50 bits per heavy atom. The summed E-state index contributed by atoms with van der Waals surface area (Å²) in [4.78, 5) is 18.3. The van der Waals surface area contributed by atoms with Crippen molar-refractivity contribution in [2.75, 3.05) is 13.7 Å². The Bertz CT molecular complexity index is 263. The van der Waals surface area contributed by atoms with Gasteiger partial charge >= 0.3 is 0 Å². The van der Waals surface area contributed by atoms with Gasteiger partial charge in [0.2, 0.25) is 0 Å². The lowest BCUT2D eigenvalue weighted by molar-refractivity contribution is 0.111.